The Labute approximate surface area is 158 Å². The Morgan fingerprint density at radius 3 is 0.471 bits per heavy atom. The minimum Gasteiger partial charge on any atom is -0.759 e. The molecule has 17 heavy (non-hydrogen) atoms. The second-order valence-electron chi connectivity index (χ2n) is 1.22. The largest absolute Gasteiger partial charge is 3.00 e. The van der Waals surface area contributed by atoms with E-state index in [1.807, 2.05) is 0 Å². The van der Waals surface area contributed by atoms with E-state index < -0.39 is 31.2 Å². The Hall–Kier alpha value is 2.18. The quantitative estimate of drug-likeness (QED) is 0.201. The molecule has 0 saturated carbocycles. The van der Waals surface area contributed by atoms with E-state index in [0.29, 0.717) is 0 Å². The van der Waals surface area contributed by atoms with Crippen LogP contribution in [0.5, 0.6) is 0 Å². The van der Waals surface area contributed by atoms with Crippen LogP contribution in [0.1, 0.15) is 0 Å². The van der Waals surface area contributed by atoms with E-state index in [1.165, 1.54) is 0 Å². The van der Waals surface area contributed by atoms with Crippen molar-refractivity contribution in [1.82, 2.24) is 0 Å². The molecule has 0 amide bonds. The number of hydrogen-bond acceptors (Lipinski definition) is 12. The third kappa shape index (κ3) is 1000. The summed E-state index contributed by atoms with van der Waals surface area (Å²) < 4.78 is 102. The van der Waals surface area contributed by atoms with E-state index in [9.17, 15) is 0 Å². The predicted octanol–water partition coefficient (Wildman–Crippen LogP) is -4.01. The summed E-state index contributed by atoms with van der Waals surface area (Å²) in [7, 11) is -15.5. The summed E-state index contributed by atoms with van der Waals surface area (Å²) in [5.41, 5.74) is 0. The summed E-state index contributed by atoms with van der Waals surface area (Å²) in [5.74, 6) is 0. The average molecular weight is 567 g/mol. The number of hydrogen-bond donors (Lipinski definition) is 0. The third-order valence-electron chi connectivity index (χ3n) is 0. The summed E-state index contributed by atoms with van der Waals surface area (Å²) in [5, 5.41) is 0. The molecule has 12 nitrogen and oxygen atoms in total. The predicted molar refractivity (Wildman–Crippen MR) is 31.4 cm³/mol. The van der Waals surface area contributed by atoms with Crippen LogP contribution in [0.4, 0.5) is 0 Å². The molecule has 0 aliphatic rings. The van der Waals surface area contributed by atoms with Crippen LogP contribution in [0.15, 0.2) is 0 Å². The molecule has 0 aliphatic heterocycles. The van der Waals surface area contributed by atoms with E-state index in [1.54, 1.807) is 0 Å². The van der Waals surface area contributed by atoms with Crippen LogP contribution in [0, 0.1) is 77.3 Å². The van der Waals surface area contributed by atoms with Crippen LogP contribution in [0.25, 0.3) is 0 Å². The zero-order valence-corrected chi connectivity index (χ0v) is 16.4. The van der Waals surface area contributed by atoms with Crippen LogP contribution in [0.2, 0.25) is 0 Å². The Kier molecular flexibility index (Phi) is 24.4. The zero-order valence-electron chi connectivity index (χ0n) is 7.20. The first-order chi connectivity index (χ1) is 6.00. The molecule has 17 heteroatoms. The van der Waals surface area contributed by atoms with Gasteiger partial charge in [0.05, 0.1) is 0 Å². The molecule has 0 aromatic rings. The maximum Gasteiger partial charge on any atom is 3.00 e. The molecular formula is CeLaO12S3. The topological polar surface area (TPSA) is 241 Å². The summed E-state index contributed by atoms with van der Waals surface area (Å²) in [6, 6.07) is 0. The molecule has 0 fully saturated rings. The van der Waals surface area contributed by atoms with Gasteiger partial charge in [0.1, 0.15) is 0 Å². The molecule has 0 unspecified atom stereocenters. The second kappa shape index (κ2) is 13.2. The molecule has 0 N–H and O–H groups in total. The van der Waals surface area contributed by atoms with Crippen molar-refractivity contribution in [2.45, 2.75) is 0 Å². The van der Waals surface area contributed by atoms with E-state index in [-0.39, 0.29) is 77.3 Å². The van der Waals surface area contributed by atoms with Gasteiger partial charge in [-0.3, -0.25) is 25.3 Å². The van der Waals surface area contributed by atoms with E-state index in [0.717, 1.165) is 0 Å². The fraction of sp³-hybridized carbons (Fsp3) is 0. The molecule has 97 valence electrons. The van der Waals surface area contributed by atoms with Gasteiger partial charge in [-0.2, -0.15) is 0 Å². The van der Waals surface area contributed by atoms with Gasteiger partial charge in [-0.1, -0.05) is 0 Å². The molecule has 0 aliphatic carbocycles. The standard InChI is InChI=1S/Ce.La.3H2O4S/c;;3*1-5(2,3)4/h;;3*(H2,1,2,3,4)/q2*+3;;;/p-6. The second-order valence-corrected chi connectivity index (χ2v) is 3.67. The van der Waals surface area contributed by atoms with E-state index in [2.05, 4.69) is 0 Å². The van der Waals surface area contributed by atoms with Crippen molar-refractivity contribution >= 4 is 31.2 Å². The Morgan fingerprint density at radius 2 is 0.471 bits per heavy atom. The van der Waals surface area contributed by atoms with Crippen molar-refractivity contribution in [2.24, 2.45) is 0 Å². The maximum absolute atomic E-state index is 8.52. The van der Waals surface area contributed by atoms with Crippen LogP contribution in [-0.2, 0) is 31.2 Å². The Bertz CT molecular complexity index is 343. The van der Waals surface area contributed by atoms with Crippen LogP contribution < -0.4 is 0 Å². The van der Waals surface area contributed by atoms with Crippen molar-refractivity contribution in [2.75, 3.05) is 0 Å². The first-order valence-corrected chi connectivity index (χ1v) is 6.00. The van der Waals surface area contributed by atoms with E-state index in [4.69, 9.17) is 52.6 Å². The van der Waals surface area contributed by atoms with Crippen LogP contribution in [-0.4, -0.2) is 52.6 Å². The minimum absolute atomic E-state index is 0. The summed E-state index contributed by atoms with van der Waals surface area (Å²) in [6.45, 7) is 0. The monoisotopic (exact) mass is 567 g/mol. The van der Waals surface area contributed by atoms with E-state index >= 15 is 0 Å². The van der Waals surface area contributed by atoms with Crippen molar-refractivity contribution in [3.8, 4) is 0 Å². The van der Waals surface area contributed by atoms with Gasteiger partial charge in [0, 0.05) is 31.2 Å². The van der Waals surface area contributed by atoms with Gasteiger partial charge in [0.2, 0.25) is 0 Å². The molecule has 0 heterocycles. The summed E-state index contributed by atoms with van der Waals surface area (Å²) in [4.78, 5) is 0. The molecule has 0 spiro atoms. The van der Waals surface area contributed by atoms with Gasteiger partial charge >= 0.3 is 77.3 Å². The fourth-order valence-corrected chi connectivity index (χ4v) is 0. The van der Waals surface area contributed by atoms with Gasteiger partial charge < -0.3 is 27.3 Å². The van der Waals surface area contributed by atoms with Crippen LogP contribution >= 0.6 is 0 Å². The van der Waals surface area contributed by atoms with Gasteiger partial charge in [0.25, 0.3) is 0 Å². The first kappa shape index (κ1) is 31.5. The molecule has 0 rings (SSSR count). The molecule has 0 atom stereocenters. The molecule has 0 bridgehead atoms. The molecule has 0 aromatic carbocycles. The normalized spacial score (nSPS) is 10.2. The third-order valence-corrected chi connectivity index (χ3v) is 0. The Balaban J connectivity index is -0.0000000400. The zero-order chi connectivity index (χ0) is 13.5. The van der Waals surface area contributed by atoms with Gasteiger partial charge in [-0.25, -0.2) is 0 Å². The SMILES string of the molecule is O=S(=O)([O-])[O-].O=S(=O)([O-])[O-].O=S(=O)([O-])[O-].[Ce+3].[La+3]. The number of rotatable bonds is 0. The van der Waals surface area contributed by atoms with Gasteiger partial charge in [0.15, 0.2) is 0 Å². The maximum atomic E-state index is 8.52. The smallest absolute Gasteiger partial charge is 0.759 e. The van der Waals surface area contributed by atoms with Crippen molar-refractivity contribution in [3.05, 3.63) is 0 Å². The summed E-state index contributed by atoms with van der Waals surface area (Å²) in [6.07, 6.45) is 0. The van der Waals surface area contributed by atoms with Gasteiger partial charge in [-0.15, -0.1) is 0 Å². The van der Waals surface area contributed by atoms with Crippen molar-refractivity contribution in [1.29, 1.82) is 0 Å². The van der Waals surface area contributed by atoms with Crippen molar-refractivity contribution < 1.29 is 130 Å². The van der Waals surface area contributed by atoms with Crippen molar-refractivity contribution in [3.63, 3.8) is 0 Å². The average Bonchev–Trinajstić information content (AvgIpc) is 1.41. The van der Waals surface area contributed by atoms with Crippen LogP contribution in [0.3, 0.4) is 0 Å². The molecule has 1 radical (unpaired) electrons. The summed E-state index contributed by atoms with van der Waals surface area (Å²) >= 11 is 0. The molecule has 0 aromatic heterocycles. The first-order valence-electron chi connectivity index (χ1n) is 2.00. The molecule has 0 saturated heterocycles. The minimum atomic E-state index is -5.17. The fourth-order valence-electron chi connectivity index (χ4n) is 0. The molecular weight excluding hydrogens is 567 g/mol. The van der Waals surface area contributed by atoms with Gasteiger partial charge in [-0.05, 0) is 0 Å². The Morgan fingerprint density at radius 1 is 0.471 bits per heavy atom.